The summed E-state index contributed by atoms with van der Waals surface area (Å²) in [6.07, 6.45) is 0.891. The third-order valence-electron chi connectivity index (χ3n) is 3.28. The summed E-state index contributed by atoms with van der Waals surface area (Å²) < 4.78 is 17.8. The molecule has 1 unspecified atom stereocenters. The van der Waals surface area contributed by atoms with Crippen LogP contribution < -0.4 is 5.32 Å². The lowest BCUT2D eigenvalue weighted by Gasteiger charge is -2.23. The number of hydrogen-bond acceptors (Lipinski definition) is 3. The van der Waals surface area contributed by atoms with Crippen LogP contribution in [-0.4, -0.2) is 44.2 Å². The van der Waals surface area contributed by atoms with E-state index in [4.69, 9.17) is 4.74 Å². The highest BCUT2D eigenvalue weighted by Gasteiger charge is 2.17. The Balaban J connectivity index is 2.35. The molecule has 0 radical (unpaired) electrons. The molecule has 112 valence electrons. The van der Waals surface area contributed by atoms with Crippen molar-refractivity contribution in [1.29, 1.82) is 0 Å². The first-order valence-electron chi connectivity index (χ1n) is 6.76. The molecule has 0 aromatic heterocycles. The summed E-state index contributed by atoms with van der Waals surface area (Å²) in [6, 6.07) is 5.92. The fourth-order valence-electron chi connectivity index (χ4n) is 1.79. The monoisotopic (exact) mass is 282 g/mol. The lowest BCUT2D eigenvalue weighted by molar-refractivity contribution is -0.125. The normalized spacial score (nSPS) is 12.4. The number of nitrogens with zero attached hydrogens (tertiary/aromatic N) is 1. The van der Waals surface area contributed by atoms with Crippen molar-refractivity contribution in [2.75, 3.05) is 27.3 Å². The van der Waals surface area contributed by atoms with Gasteiger partial charge in [0.1, 0.15) is 5.82 Å². The highest BCUT2D eigenvalue weighted by atomic mass is 19.1. The van der Waals surface area contributed by atoms with Gasteiger partial charge in [-0.05, 0) is 38.1 Å². The van der Waals surface area contributed by atoms with Crippen molar-refractivity contribution in [2.45, 2.75) is 25.9 Å². The van der Waals surface area contributed by atoms with Crippen molar-refractivity contribution in [3.05, 3.63) is 35.6 Å². The van der Waals surface area contributed by atoms with Crippen molar-refractivity contribution >= 4 is 5.91 Å². The number of hydrogen-bond donors (Lipinski definition) is 1. The number of carbonyl (C=O) groups excluding carboxylic acids is 1. The van der Waals surface area contributed by atoms with Crippen molar-refractivity contribution in [3.63, 3.8) is 0 Å². The van der Waals surface area contributed by atoms with Gasteiger partial charge < -0.3 is 10.1 Å². The van der Waals surface area contributed by atoms with E-state index in [9.17, 15) is 9.18 Å². The van der Waals surface area contributed by atoms with E-state index in [-0.39, 0.29) is 17.8 Å². The molecule has 0 aliphatic heterocycles. The standard InChI is InChI=1S/C15H23FN2O2/c1-12(18(2)9-4-10-20-3)15(19)17-11-13-5-7-14(16)8-6-13/h5-8,12H,4,9-11H2,1-3H3,(H,17,19). The first-order chi connectivity index (χ1) is 9.54. The lowest BCUT2D eigenvalue weighted by atomic mass is 10.2. The lowest BCUT2D eigenvalue weighted by Crippen LogP contribution is -2.43. The molecule has 1 atom stereocenters. The molecule has 0 saturated heterocycles. The van der Waals surface area contributed by atoms with Crippen molar-refractivity contribution in [1.82, 2.24) is 10.2 Å². The summed E-state index contributed by atoms with van der Waals surface area (Å²) in [5, 5.41) is 2.86. The average molecular weight is 282 g/mol. The molecule has 20 heavy (non-hydrogen) atoms. The number of halogens is 1. The number of methoxy groups -OCH3 is 1. The van der Waals surface area contributed by atoms with Gasteiger partial charge in [-0.2, -0.15) is 0 Å². The highest BCUT2D eigenvalue weighted by molar-refractivity contribution is 5.81. The molecular formula is C15H23FN2O2. The molecule has 4 nitrogen and oxygen atoms in total. The summed E-state index contributed by atoms with van der Waals surface area (Å²) >= 11 is 0. The van der Waals surface area contributed by atoms with Crippen LogP contribution in [0.2, 0.25) is 0 Å². The fourth-order valence-corrected chi connectivity index (χ4v) is 1.79. The van der Waals surface area contributed by atoms with Crippen LogP contribution in [0.25, 0.3) is 0 Å². The van der Waals surface area contributed by atoms with E-state index in [2.05, 4.69) is 5.32 Å². The Morgan fingerprint density at radius 2 is 2.05 bits per heavy atom. The van der Waals surface area contributed by atoms with Crippen LogP contribution in [0.3, 0.4) is 0 Å². The van der Waals surface area contributed by atoms with E-state index in [0.29, 0.717) is 13.2 Å². The van der Waals surface area contributed by atoms with Crippen LogP contribution in [0.5, 0.6) is 0 Å². The van der Waals surface area contributed by atoms with Crippen molar-refractivity contribution in [3.8, 4) is 0 Å². The minimum absolute atomic E-state index is 0.0331. The van der Waals surface area contributed by atoms with E-state index in [1.165, 1.54) is 12.1 Å². The number of benzene rings is 1. The molecule has 0 fully saturated rings. The zero-order valence-corrected chi connectivity index (χ0v) is 12.4. The van der Waals surface area contributed by atoms with E-state index >= 15 is 0 Å². The zero-order valence-electron chi connectivity index (χ0n) is 12.4. The maximum absolute atomic E-state index is 12.8. The van der Waals surface area contributed by atoms with Gasteiger partial charge >= 0.3 is 0 Å². The van der Waals surface area contributed by atoms with Gasteiger partial charge in [-0.1, -0.05) is 12.1 Å². The van der Waals surface area contributed by atoms with Gasteiger partial charge in [0.2, 0.25) is 5.91 Å². The smallest absolute Gasteiger partial charge is 0.237 e. The van der Waals surface area contributed by atoms with Crippen LogP contribution in [0.15, 0.2) is 24.3 Å². The van der Waals surface area contributed by atoms with Crippen LogP contribution in [0.1, 0.15) is 18.9 Å². The summed E-state index contributed by atoms with van der Waals surface area (Å²) in [7, 11) is 3.58. The third kappa shape index (κ3) is 5.67. The number of rotatable bonds is 8. The van der Waals surface area contributed by atoms with Gasteiger partial charge in [0.15, 0.2) is 0 Å². The maximum Gasteiger partial charge on any atom is 0.237 e. The van der Waals surface area contributed by atoms with Gasteiger partial charge in [0, 0.05) is 26.8 Å². The van der Waals surface area contributed by atoms with Gasteiger partial charge in [0.05, 0.1) is 6.04 Å². The Labute approximate surface area is 119 Å². The van der Waals surface area contributed by atoms with Crippen LogP contribution in [0.4, 0.5) is 4.39 Å². The Morgan fingerprint density at radius 1 is 1.40 bits per heavy atom. The Hall–Kier alpha value is -1.46. The first-order valence-corrected chi connectivity index (χ1v) is 6.76. The molecule has 5 heteroatoms. The summed E-state index contributed by atoms with van der Waals surface area (Å²) in [6.45, 7) is 3.77. The maximum atomic E-state index is 12.8. The predicted molar refractivity (Wildman–Crippen MR) is 76.8 cm³/mol. The van der Waals surface area contributed by atoms with E-state index in [1.807, 2.05) is 18.9 Å². The van der Waals surface area contributed by atoms with E-state index in [0.717, 1.165) is 18.5 Å². The molecule has 0 bridgehead atoms. The van der Waals surface area contributed by atoms with E-state index < -0.39 is 0 Å². The van der Waals surface area contributed by atoms with E-state index in [1.54, 1.807) is 19.2 Å². The van der Waals surface area contributed by atoms with Gasteiger partial charge in [0.25, 0.3) is 0 Å². The van der Waals surface area contributed by atoms with Gasteiger partial charge in [-0.3, -0.25) is 9.69 Å². The molecule has 1 rings (SSSR count). The molecular weight excluding hydrogens is 259 g/mol. The molecule has 0 aliphatic rings. The highest BCUT2D eigenvalue weighted by Crippen LogP contribution is 2.03. The van der Waals surface area contributed by atoms with Crippen molar-refractivity contribution < 1.29 is 13.9 Å². The Morgan fingerprint density at radius 3 is 2.65 bits per heavy atom. The van der Waals surface area contributed by atoms with Gasteiger partial charge in [-0.25, -0.2) is 4.39 Å². The number of ether oxygens (including phenoxy) is 1. The molecule has 0 heterocycles. The minimum Gasteiger partial charge on any atom is -0.385 e. The summed E-state index contributed by atoms with van der Waals surface area (Å²) in [4.78, 5) is 14.0. The molecule has 1 aromatic carbocycles. The molecule has 1 N–H and O–H groups in total. The minimum atomic E-state index is -0.272. The van der Waals surface area contributed by atoms with Crippen LogP contribution in [-0.2, 0) is 16.1 Å². The SMILES string of the molecule is COCCCN(C)C(C)C(=O)NCc1ccc(F)cc1. The quantitative estimate of drug-likeness (QED) is 0.739. The molecule has 0 saturated carbocycles. The zero-order chi connectivity index (χ0) is 15.0. The third-order valence-corrected chi connectivity index (χ3v) is 3.28. The van der Waals surface area contributed by atoms with Crippen LogP contribution in [0, 0.1) is 5.82 Å². The molecule has 0 spiro atoms. The largest absolute Gasteiger partial charge is 0.385 e. The number of nitrogens with one attached hydrogen (secondary N) is 1. The number of likely N-dealkylation sites (N-methyl/N-ethyl adjacent to an activating group) is 1. The summed E-state index contributed by atoms with van der Waals surface area (Å²) in [5.41, 5.74) is 0.883. The number of carbonyl (C=O) groups is 1. The second-order valence-corrected chi connectivity index (χ2v) is 4.85. The molecule has 1 amide bonds. The molecule has 1 aromatic rings. The van der Waals surface area contributed by atoms with Crippen molar-refractivity contribution in [2.24, 2.45) is 0 Å². The Bertz CT molecular complexity index is 409. The first kappa shape index (κ1) is 16.6. The fraction of sp³-hybridized carbons (Fsp3) is 0.533. The molecule has 0 aliphatic carbocycles. The number of amides is 1. The average Bonchev–Trinajstić information content (AvgIpc) is 2.45. The second-order valence-electron chi connectivity index (χ2n) is 4.85. The topological polar surface area (TPSA) is 41.6 Å². The van der Waals surface area contributed by atoms with Gasteiger partial charge in [-0.15, -0.1) is 0 Å². The summed E-state index contributed by atoms with van der Waals surface area (Å²) in [5.74, 6) is -0.305. The predicted octanol–water partition coefficient (Wildman–Crippen LogP) is 1.80. The van der Waals surface area contributed by atoms with Crippen LogP contribution >= 0.6 is 0 Å². The second kappa shape index (κ2) is 8.66. The Kier molecular flexibility index (Phi) is 7.18.